The fraction of sp³-hybridized carbons (Fsp3) is 0.333. The van der Waals surface area contributed by atoms with E-state index in [0.717, 1.165) is 16.5 Å². The van der Waals surface area contributed by atoms with Gasteiger partial charge >= 0.3 is 5.97 Å². The summed E-state index contributed by atoms with van der Waals surface area (Å²) in [6, 6.07) is 7.03. The van der Waals surface area contributed by atoms with Crippen molar-refractivity contribution in [2.24, 2.45) is 5.84 Å². The van der Waals surface area contributed by atoms with Crippen molar-refractivity contribution in [1.29, 1.82) is 0 Å². The molecule has 1 atom stereocenters. The van der Waals surface area contributed by atoms with Crippen LogP contribution in [-0.2, 0) is 39.5 Å². The molecule has 0 saturated carbocycles. The smallest absolute Gasteiger partial charge is 0.343 e. The summed E-state index contributed by atoms with van der Waals surface area (Å²) in [6.07, 6.45) is 0.766. The third-order valence-electron chi connectivity index (χ3n) is 6.66. The molecule has 0 fully saturated rings. The zero-order valence-electron chi connectivity index (χ0n) is 18.8. The van der Waals surface area contributed by atoms with Crippen LogP contribution in [0.4, 0.5) is 0 Å². The van der Waals surface area contributed by atoms with E-state index in [-0.39, 0.29) is 36.3 Å². The van der Waals surface area contributed by atoms with Crippen molar-refractivity contribution in [3.63, 3.8) is 0 Å². The molecule has 0 radical (unpaired) electrons. The van der Waals surface area contributed by atoms with Gasteiger partial charge in [0.25, 0.3) is 11.5 Å². The molecule has 1 amide bonds. The fourth-order valence-corrected chi connectivity index (χ4v) is 4.83. The van der Waals surface area contributed by atoms with E-state index in [0.29, 0.717) is 35.6 Å². The summed E-state index contributed by atoms with van der Waals surface area (Å²) in [6.45, 7) is 3.63. The van der Waals surface area contributed by atoms with Gasteiger partial charge in [-0.2, -0.15) is 0 Å². The number of carbonyl (C=O) groups is 2. The van der Waals surface area contributed by atoms with Crippen LogP contribution in [-0.4, -0.2) is 33.1 Å². The molecule has 3 aromatic rings. The third kappa shape index (κ3) is 3.10. The predicted molar refractivity (Wildman–Crippen MR) is 122 cm³/mol. The van der Waals surface area contributed by atoms with Gasteiger partial charge in [0.1, 0.15) is 12.4 Å². The molecule has 10 heteroatoms. The number of aliphatic hydroxyl groups is 1. The largest absolute Gasteiger partial charge is 0.484 e. The van der Waals surface area contributed by atoms with Gasteiger partial charge in [-0.3, -0.25) is 15.0 Å². The number of cyclic esters (lactones) is 1. The molecule has 1 aromatic carbocycles. The second kappa shape index (κ2) is 7.93. The van der Waals surface area contributed by atoms with E-state index >= 15 is 0 Å². The van der Waals surface area contributed by atoms with Crippen molar-refractivity contribution >= 4 is 22.8 Å². The molecule has 2 aromatic heterocycles. The fourth-order valence-electron chi connectivity index (χ4n) is 4.83. The lowest BCUT2D eigenvalue weighted by molar-refractivity contribution is -0.172. The molecule has 4 N–H and O–H groups in total. The number of esters is 1. The van der Waals surface area contributed by atoms with Crippen molar-refractivity contribution in [3.05, 3.63) is 56.9 Å². The van der Waals surface area contributed by atoms with Crippen LogP contribution in [0.15, 0.2) is 29.1 Å². The number of benzene rings is 1. The average Bonchev–Trinajstić information content (AvgIpc) is 3.22. The summed E-state index contributed by atoms with van der Waals surface area (Å²) in [5.74, 6) is 4.41. The lowest BCUT2D eigenvalue weighted by Crippen LogP contribution is -2.44. The van der Waals surface area contributed by atoms with Crippen LogP contribution in [0.2, 0.25) is 0 Å². The number of aryl methyl sites for hydroxylation is 1. The van der Waals surface area contributed by atoms with E-state index in [1.807, 2.05) is 18.4 Å². The lowest BCUT2D eigenvalue weighted by Gasteiger charge is -2.31. The lowest BCUT2D eigenvalue weighted by atomic mass is 9.86. The Morgan fingerprint density at radius 2 is 2.09 bits per heavy atom. The number of nitrogens with zero attached hydrogens (tertiary/aromatic N) is 2. The first-order valence-corrected chi connectivity index (χ1v) is 11.1. The van der Waals surface area contributed by atoms with Crippen LogP contribution in [0.3, 0.4) is 0 Å². The molecule has 0 saturated heterocycles. The number of carbonyl (C=O) groups excluding carboxylic acids is 2. The molecule has 5 rings (SSSR count). The van der Waals surface area contributed by atoms with Gasteiger partial charge in [-0.15, -0.1) is 0 Å². The molecule has 2 aliphatic rings. The number of rotatable bonds is 5. The molecule has 0 bridgehead atoms. The van der Waals surface area contributed by atoms with Gasteiger partial charge in [-0.05, 0) is 42.7 Å². The number of nitrogens with one attached hydrogen (secondary N) is 1. The summed E-state index contributed by atoms with van der Waals surface area (Å²) < 4.78 is 12.3. The van der Waals surface area contributed by atoms with E-state index in [2.05, 4.69) is 0 Å². The Bertz CT molecular complexity index is 1430. The minimum atomic E-state index is -1.86. The monoisotopic (exact) mass is 464 g/mol. The summed E-state index contributed by atoms with van der Waals surface area (Å²) in [5.41, 5.74) is 4.27. The number of hydrogen-bond acceptors (Lipinski definition) is 8. The van der Waals surface area contributed by atoms with Crippen molar-refractivity contribution in [1.82, 2.24) is 15.0 Å². The number of hydrogen-bond donors (Lipinski definition) is 3. The van der Waals surface area contributed by atoms with E-state index in [4.69, 9.17) is 20.3 Å². The first-order valence-electron chi connectivity index (χ1n) is 11.1. The minimum Gasteiger partial charge on any atom is -0.484 e. The Kier molecular flexibility index (Phi) is 5.14. The highest BCUT2D eigenvalue weighted by Gasteiger charge is 2.45. The molecule has 4 heterocycles. The topological polar surface area (TPSA) is 146 Å². The van der Waals surface area contributed by atoms with Crippen molar-refractivity contribution in [3.8, 4) is 17.1 Å². The molecular weight excluding hydrogens is 440 g/mol. The quantitative estimate of drug-likeness (QED) is 0.172. The molecule has 0 unspecified atom stereocenters. The Hall–Kier alpha value is -3.76. The number of amides is 1. The van der Waals surface area contributed by atoms with Gasteiger partial charge in [-0.1, -0.05) is 13.8 Å². The Labute approximate surface area is 194 Å². The normalized spacial score (nSPS) is 18.2. The summed E-state index contributed by atoms with van der Waals surface area (Å²) in [4.78, 5) is 42.0. The van der Waals surface area contributed by atoms with Gasteiger partial charge in [0.2, 0.25) is 0 Å². The van der Waals surface area contributed by atoms with Gasteiger partial charge in [-0.25, -0.2) is 15.6 Å². The first-order chi connectivity index (χ1) is 16.3. The number of ether oxygens (including phenoxy) is 2. The average molecular weight is 464 g/mol. The Morgan fingerprint density at radius 1 is 1.29 bits per heavy atom. The van der Waals surface area contributed by atoms with Gasteiger partial charge in [0, 0.05) is 16.5 Å². The van der Waals surface area contributed by atoms with Crippen LogP contribution in [0, 0.1) is 0 Å². The zero-order valence-corrected chi connectivity index (χ0v) is 18.8. The number of hydrazine groups is 1. The molecule has 10 nitrogen and oxygen atoms in total. The summed E-state index contributed by atoms with van der Waals surface area (Å²) in [5, 5.41) is 11.9. The van der Waals surface area contributed by atoms with E-state index in [1.165, 1.54) is 0 Å². The zero-order chi connectivity index (χ0) is 24.2. The predicted octanol–water partition coefficient (Wildman–Crippen LogP) is 1.01. The second-order valence-electron chi connectivity index (χ2n) is 8.41. The Balaban J connectivity index is 1.68. The van der Waals surface area contributed by atoms with Crippen LogP contribution in [0.5, 0.6) is 5.75 Å². The third-order valence-corrected chi connectivity index (χ3v) is 6.66. The van der Waals surface area contributed by atoms with Gasteiger partial charge < -0.3 is 19.1 Å². The van der Waals surface area contributed by atoms with Crippen LogP contribution >= 0.6 is 0 Å². The number of pyridine rings is 2. The van der Waals surface area contributed by atoms with Crippen LogP contribution < -0.4 is 21.6 Å². The van der Waals surface area contributed by atoms with Crippen LogP contribution in [0.25, 0.3) is 22.3 Å². The highest BCUT2D eigenvalue weighted by Crippen LogP contribution is 2.40. The highest BCUT2D eigenvalue weighted by atomic mass is 16.6. The maximum absolute atomic E-state index is 13.4. The van der Waals surface area contributed by atoms with Gasteiger partial charge in [0.05, 0.1) is 29.0 Å². The SMILES string of the molecule is CCc1c2c(nc3ccc(OCC(=O)NN)cc13)-c1cc3c(c(=O)n1C2)COC(=O)[C@]3(O)CC. The molecule has 0 spiro atoms. The summed E-state index contributed by atoms with van der Waals surface area (Å²) in [7, 11) is 0. The number of nitrogens with two attached hydrogens (primary N) is 1. The molecule has 2 aliphatic heterocycles. The summed E-state index contributed by atoms with van der Waals surface area (Å²) >= 11 is 0. The second-order valence-corrected chi connectivity index (χ2v) is 8.41. The van der Waals surface area contributed by atoms with Crippen molar-refractivity contribution in [2.75, 3.05) is 6.61 Å². The van der Waals surface area contributed by atoms with Gasteiger partial charge in [0.15, 0.2) is 12.2 Å². The molecule has 0 aliphatic carbocycles. The highest BCUT2D eigenvalue weighted by molar-refractivity contribution is 5.90. The first kappa shape index (κ1) is 22.1. The van der Waals surface area contributed by atoms with E-state index in [1.54, 1.807) is 29.7 Å². The Morgan fingerprint density at radius 3 is 2.79 bits per heavy atom. The van der Waals surface area contributed by atoms with E-state index < -0.39 is 17.5 Å². The standard InChI is InChI=1S/C24H24N4O6/c1-3-13-14-7-12(33-11-20(29)27-25)5-6-18(14)26-21-15(13)9-28-19(21)8-17-16(22(28)30)10-34-23(31)24(17,32)4-2/h5-8,32H,3-4,9-11,25H2,1-2H3,(H,27,29)/t24-/m0/s1. The van der Waals surface area contributed by atoms with Crippen molar-refractivity contribution < 1.29 is 24.2 Å². The number of fused-ring (bicyclic) bond motifs is 5. The number of aromatic nitrogens is 2. The minimum absolute atomic E-state index is 0.0882. The maximum Gasteiger partial charge on any atom is 0.343 e. The van der Waals surface area contributed by atoms with Crippen molar-refractivity contribution in [2.45, 2.75) is 45.4 Å². The molecule has 34 heavy (non-hydrogen) atoms. The van der Waals surface area contributed by atoms with E-state index in [9.17, 15) is 19.5 Å². The molecular formula is C24H24N4O6. The van der Waals surface area contributed by atoms with Crippen LogP contribution in [0.1, 0.15) is 42.5 Å². The molecule has 176 valence electrons. The maximum atomic E-state index is 13.4.